The number of hydrogen-bond acceptors (Lipinski definition) is 6. The molecule has 0 amide bonds. The van der Waals surface area contributed by atoms with Gasteiger partial charge in [0.15, 0.2) is 0 Å². The second kappa shape index (κ2) is 5.37. The number of non-ortho nitro benzene ring substituents is 1. The van der Waals surface area contributed by atoms with Crippen LogP contribution in [0.4, 0.5) is 5.69 Å². The highest BCUT2D eigenvalue weighted by Gasteiger charge is 2.10. The molecule has 0 saturated carbocycles. The number of benzene rings is 1. The van der Waals surface area contributed by atoms with Crippen LogP contribution in [0.1, 0.15) is 12.3 Å². The van der Waals surface area contributed by atoms with Gasteiger partial charge in [0.05, 0.1) is 4.92 Å². The summed E-state index contributed by atoms with van der Waals surface area (Å²) in [5.41, 5.74) is 6.07. The van der Waals surface area contributed by atoms with Gasteiger partial charge in [0, 0.05) is 24.1 Å². The zero-order chi connectivity index (χ0) is 13.0. The third kappa shape index (κ3) is 2.69. The van der Waals surface area contributed by atoms with Gasteiger partial charge in [-0.15, -0.1) is 10.2 Å². The second-order valence-corrected chi connectivity index (χ2v) is 3.70. The number of nitro benzene ring substituents is 1. The molecule has 0 aliphatic heterocycles. The van der Waals surface area contributed by atoms with E-state index in [0.29, 0.717) is 30.3 Å². The number of nitrogens with two attached hydrogens (primary N) is 1. The van der Waals surface area contributed by atoms with E-state index in [2.05, 4.69) is 10.2 Å². The molecule has 7 heteroatoms. The van der Waals surface area contributed by atoms with Crippen molar-refractivity contribution in [1.29, 1.82) is 0 Å². The van der Waals surface area contributed by atoms with Crippen molar-refractivity contribution in [3.63, 3.8) is 0 Å². The van der Waals surface area contributed by atoms with E-state index in [1.807, 2.05) is 0 Å². The van der Waals surface area contributed by atoms with Gasteiger partial charge in [-0.1, -0.05) is 0 Å². The van der Waals surface area contributed by atoms with Crippen molar-refractivity contribution in [3.05, 3.63) is 40.3 Å². The fourth-order valence-electron chi connectivity index (χ4n) is 1.45. The van der Waals surface area contributed by atoms with Gasteiger partial charge in [-0.25, -0.2) is 0 Å². The maximum Gasteiger partial charge on any atom is 0.269 e. The van der Waals surface area contributed by atoms with Gasteiger partial charge in [0.1, 0.15) is 0 Å². The SMILES string of the molecule is NCCCc1nnc(-c2ccc([N+](=O)[O-])cc2)o1. The van der Waals surface area contributed by atoms with Crippen LogP contribution in [0.3, 0.4) is 0 Å². The predicted molar refractivity (Wildman–Crippen MR) is 63.8 cm³/mol. The first-order chi connectivity index (χ1) is 8.70. The predicted octanol–water partition coefficient (Wildman–Crippen LogP) is 1.54. The summed E-state index contributed by atoms with van der Waals surface area (Å²) in [7, 11) is 0. The molecular weight excluding hydrogens is 236 g/mol. The molecule has 0 unspecified atom stereocenters. The largest absolute Gasteiger partial charge is 0.421 e. The van der Waals surface area contributed by atoms with E-state index in [1.54, 1.807) is 12.1 Å². The Morgan fingerprint density at radius 3 is 2.61 bits per heavy atom. The Bertz CT molecular complexity index is 535. The van der Waals surface area contributed by atoms with Gasteiger partial charge in [-0.2, -0.15) is 0 Å². The molecule has 2 aromatic rings. The Kier molecular flexibility index (Phi) is 3.63. The highest BCUT2D eigenvalue weighted by atomic mass is 16.6. The van der Waals surface area contributed by atoms with Crippen molar-refractivity contribution in [2.75, 3.05) is 6.54 Å². The molecule has 0 spiro atoms. The van der Waals surface area contributed by atoms with Crippen LogP contribution in [0.15, 0.2) is 28.7 Å². The van der Waals surface area contributed by atoms with Crippen molar-refractivity contribution in [1.82, 2.24) is 10.2 Å². The molecule has 18 heavy (non-hydrogen) atoms. The van der Waals surface area contributed by atoms with Crippen LogP contribution in [0.2, 0.25) is 0 Å². The summed E-state index contributed by atoms with van der Waals surface area (Å²) in [5, 5.41) is 18.3. The minimum absolute atomic E-state index is 0.0293. The van der Waals surface area contributed by atoms with Crippen LogP contribution in [-0.2, 0) is 6.42 Å². The number of aromatic nitrogens is 2. The van der Waals surface area contributed by atoms with Gasteiger partial charge >= 0.3 is 0 Å². The average molecular weight is 248 g/mol. The Morgan fingerprint density at radius 1 is 1.28 bits per heavy atom. The third-order valence-electron chi connectivity index (χ3n) is 2.39. The minimum Gasteiger partial charge on any atom is -0.421 e. The lowest BCUT2D eigenvalue weighted by Crippen LogP contribution is -2.00. The molecule has 1 heterocycles. The highest BCUT2D eigenvalue weighted by molar-refractivity contribution is 5.55. The summed E-state index contributed by atoms with van der Waals surface area (Å²) in [6.45, 7) is 0.565. The second-order valence-electron chi connectivity index (χ2n) is 3.70. The molecule has 2 rings (SSSR count). The van der Waals surface area contributed by atoms with Crippen LogP contribution in [0.25, 0.3) is 11.5 Å². The number of hydrogen-bond donors (Lipinski definition) is 1. The summed E-state index contributed by atoms with van der Waals surface area (Å²) in [5.74, 6) is 0.880. The van der Waals surface area contributed by atoms with Crippen molar-refractivity contribution < 1.29 is 9.34 Å². The molecule has 0 atom stereocenters. The fraction of sp³-hybridized carbons (Fsp3) is 0.273. The maximum atomic E-state index is 10.5. The smallest absolute Gasteiger partial charge is 0.269 e. The molecule has 1 aromatic heterocycles. The molecular formula is C11H12N4O3. The van der Waals surface area contributed by atoms with Crippen LogP contribution in [0, 0.1) is 10.1 Å². The summed E-state index contributed by atoms with van der Waals surface area (Å²) in [6, 6.07) is 5.97. The quantitative estimate of drug-likeness (QED) is 0.635. The molecule has 94 valence electrons. The molecule has 0 saturated heterocycles. The Morgan fingerprint density at radius 2 is 2.00 bits per heavy atom. The van der Waals surface area contributed by atoms with Crippen molar-refractivity contribution in [2.45, 2.75) is 12.8 Å². The number of rotatable bonds is 5. The third-order valence-corrected chi connectivity index (χ3v) is 2.39. The van der Waals surface area contributed by atoms with Crippen LogP contribution < -0.4 is 5.73 Å². The maximum absolute atomic E-state index is 10.5. The lowest BCUT2D eigenvalue weighted by atomic mass is 10.2. The number of nitrogens with zero attached hydrogens (tertiary/aromatic N) is 3. The number of nitro groups is 1. The molecule has 0 aliphatic carbocycles. The van der Waals surface area contributed by atoms with Gasteiger partial charge in [0.25, 0.3) is 5.69 Å². The Labute approximate surface area is 103 Å². The highest BCUT2D eigenvalue weighted by Crippen LogP contribution is 2.21. The standard InChI is InChI=1S/C11H12N4O3/c12-7-1-2-10-13-14-11(18-10)8-3-5-9(6-4-8)15(16)17/h3-6H,1-2,7,12H2. The summed E-state index contributed by atoms with van der Waals surface area (Å²) >= 11 is 0. The van der Waals surface area contributed by atoms with Crippen LogP contribution in [0.5, 0.6) is 0 Å². The van der Waals surface area contributed by atoms with E-state index in [0.717, 1.165) is 6.42 Å². The van der Waals surface area contributed by atoms with Crippen molar-refractivity contribution in [2.24, 2.45) is 5.73 Å². The van der Waals surface area contributed by atoms with E-state index >= 15 is 0 Å². The molecule has 0 bridgehead atoms. The molecule has 2 N–H and O–H groups in total. The number of aryl methyl sites for hydroxylation is 1. The van der Waals surface area contributed by atoms with Gasteiger partial charge in [-0.05, 0) is 25.1 Å². The summed E-state index contributed by atoms with van der Waals surface area (Å²) in [4.78, 5) is 10.1. The molecule has 7 nitrogen and oxygen atoms in total. The topological polar surface area (TPSA) is 108 Å². The van der Waals surface area contributed by atoms with Crippen molar-refractivity contribution >= 4 is 5.69 Å². The Balaban J connectivity index is 2.15. The normalized spacial score (nSPS) is 10.5. The molecule has 0 fully saturated rings. The molecule has 0 aliphatic rings. The molecule has 0 radical (unpaired) electrons. The van der Waals surface area contributed by atoms with E-state index in [-0.39, 0.29) is 5.69 Å². The van der Waals surface area contributed by atoms with Gasteiger partial charge in [0.2, 0.25) is 11.8 Å². The van der Waals surface area contributed by atoms with E-state index in [1.165, 1.54) is 12.1 Å². The average Bonchev–Trinajstić information content (AvgIpc) is 2.85. The Hall–Kier alpha value is -2.28. The lowest BCUT2D eigenvalue weighted by Gasteiger charge is -1.94. The van der Waals surface area contributed by atoms with Crippen LogP contribution >= 0.6 is 0 Å². The van der Waals surface area contributed by atoms with Crippen LogP contribution in [-0.4, -0.2) is 21.7 Å². The fourth-order valence-corrected chi connectivity index (χ4v) is 1.45. The summed E-state index contributed by atoms with van der Waals surface area (Å²) < 4.78 is 5.42. The van der Waals surface area contributed by atoms with Gasteiger partial charge < -0.3 is 10.2 Å². The first-order valence-electron chi connectivity index (χ1n) is 5.48. The zero-order valence-electron chi connectivity index (χ0n) is 9.57. The zero-order valence-corrected chi connectivity index (χ0v) is 9.57. The first kappa shape index (κ1) is 12.2. The van der Waals surface area contributed by atoms with E-state index in [9.17, 15) is 10.1 Å². The first-order valence-corrected chi connectivity index (χ1v) is 5.48. The van der Waals surface area contributed by atoms with Crippen molar-refractivity contribution in [3.8, 4) is 11.5 Å². The molecule has 1 aromatic carbocycles. The monoisotopic (exact) mass is 248 g/mol. The van der Waals surface area contributed by atoms with E-state index < -0.39 is 4.92 Å². The van der Waals surface area contributed by atoms with E-state index in [4.69, 9.17) is 10.2 Å². The van der Waals surface area contributed by atoms with Gasteiger partial charge in [-0.3, -0.25) is 10.1 Å². The summed E-state index contributed by atoms with van der Waals surface area (Å²) in [6.07, 6.45) is 1.42. The lowest BCUT2D eigenvalue weighted by molar-refractivity contribution is -0.384. The minimum atomic E-state index is -0.454.